The third-order valence-corrected chi connectivity index (χ3v) is 1.85. The van der Waals surface area contributed by atoms with Crippen LogP contribution < -0.4 is 5.32 Å². The standard InChI is InChI=1S/C12H15NO3/c1-9(2)16-8-12(15)13-11-5-3-4-10(6-11)7-14/h3-7,9H,8H2,1-2H3,(H,13,15). The Kier molecular flexibility index (Phi) is 4.66. The highest BCUT2D eigenvalue weighted by Gasteiger charge is 2.04. The minimum Gasteiger partial charge on any atom is -0.369 e. The van der Waals surface area contributed by atoms with E-state index in [0.29, 0.717) is 11.3 Å². The number of nitrogens with one attached hydrogen (secondary N) is 1. The van der Waals surface area contributed by atoms with Crippen molar-refractivity contribution in [3.05, 3.63) is 29.8 Å². The molecule has 16 heavy (non-hydrogen) atoms. The van der Waals surface area contributed by atoms with E-state index in [1.54, 1.807) is 24.3 Å². The maximum absolute atomic E-state index is 11.4. The Balaban J connectivity index is 2.52. The number of carbonyl (C=O) groups is 2. The summed E-state index contributed by atoms with van der Waals surface area (Å²) in [4.78, 5) is 21.9. The van der Waals surface area contributed by atoms with Crippen LogP contribution in [0.3, 0.4) is 0 Å². The van der Waals surface area contributed by atoms with Crippen LogP contribution in [0.25, 0.3) is 0 Å². The van der Waals surface area contributed by atoms with Crippen molar-refractivity contribution in [3.8, 4) is 0 Å². The minimum atomic E-state index is -0.225. The summed E-state index contributed by atoms with van der Waals surface area (Å²) in [7, 11) is 0. The minimum absolute atomic E-state index is 0.0168. The molecule has 0 heterocycles. The van der Waals surface area contributed by atoms with Gasteiger partial charge in [0.2, 0.25) is 5.91 Å². The maximum atomic E-state index is 11.4. The van der Waals surface area contributed by atoms with Gasteiger partial charge < -0.3 is 10.1 Å². The highest BCUT2D eigenvalue weighted by molar-refractivity contribution is 5.92. The number of aldehydes is 1. The Morgan fingerprint density at radius 3 is 2.88 bits per heavy atom. The number of hydrogen-bond donors (Lipinski definition) is 1. The number of amides is 1. The van der Waals surface area contributed by atoms with Crippen molar-refractivity contribution in [3.63, 3.8) is 0 Å². The average molecular weight is 221 g/mol. The molecular weight excluding hydrogens is 206 g/mol. The van der Waals surface area contributed by atoms with Crippen LogP contribution in [0.5, 0.6) is 0 Å². The van der Waals surface area contributed by atoms with Gasteiger partial charge in [0.05, 0.1) is 6.10 Å². The van der Waals surface area contributed by atoms with Crippen molar-refractivity contribution in [1.29, 1.82) is 0 Å². The topological polar surface area (TPSA) is 55.4 Å². The number of carbonyl (C=O) groups excluding carboxylic acids is 2. The zero-order valence-electron chi connectivity index (χ0n) is 9.40. The van der Waals surface area contributed by atoms with Gasteiger partial charge in [0.1, 0.15) is 12.9 Å². The number of ether oxygens (including phenoxy) is 1. The van der Waals surface area contributed by atoms with Crippen LogP contribution in [0.15, 0.2) is 24.3 Å². The van der Waals surface area contributed by atoms with Gasteiger partial charge in [0, 0.05) is 11.3 Å². The molecule has 1 aromatic rings. The molecule has 1 aromatic carbocycles. The highest BCUT2D eigenvalue weighted by atomic mass is 16.5. The first-order valence-corrected chi connectivity index (χ1v) is 5.08. The summed E-state index contributed by atoms with van der Waals surface area (Å²) in [6.07, 6.45) is 0.757. The molecule has 0 aromatic heterocycles. The molecule has 0 aliphatic rings. The van der Waals surface area contributed by atoms with Crippen LogP contribution in [0.1, 0.15) is 24.2 Å². The molecule has 86 valence electrons. The van der Waals surface area contributed by atoms with Gasteiger partial charge in [0.25, 0.3) is 0 Å². The second-order valence-corrected chi connectivity index (χ2v) is 3.65. The second kappa shape index (κ2) is 6.02. The fraction of sp³-hybridized carbons (Fsp3) is 0.333. The van der Waals surface area contributed by atoms with Gasteiger partial charge in [-0.05, 0) is 26.0 Å². The van der Waals surface area contributed by atoms with E-state index in [0.717, 1.165) is 6.29 Å². The fourth-order valence-electron chi connectivity index (χ4n) is 1.13. The van der Waals surface area contributed by atoms with Crippen LogP contribution in [0.2, 0.25) is 0 Å². The van der Waals surface area contributed by atoms with E-state index in [9.17, 15) is 9.59 Å². The summed E-state index contributed by atoms with van der Waals surface area (Å²) in [6, 6.07) is 6.72. The zero-order valence-corrected chi connectivity index (χ0v) is 9.40. The lowest BCUT2D eigenvalue weighted by molar-refractivity contribution is -0.121. The first-order chi connectivity index (χ1) is 7.61. The number of hydrogen-bond acceptors (Lipinski definition) is 3. The predicted molar refractivity (Wildman–Crippen MR) is 61.5 cm³/mol. The molecule has 0 spiro atoms. The van der Waals surface area contributed by atoms with Crippen LogP contribution in [-0.4, -0.2) is 24.9 Å². The Morgan fingerprint density at radius 2 is 2.25 bits per heavy atom. The molecule has 4 heteroatoms. The zero-order chi connectivity index (χ0) is 12.0. The third kappa shape index (κ3) is 4.23. The van der Waals surface area contributed by atoms with E-state index in [1.165, 1.54) is 0 Å². The Bertz CT molecular complexity index is 374. The molecule has 0 aliphatic carbocycles. The Labute approximate surface area is 94.6 Å². The summed E-state index contributed by atoms with van der Waals surface area (Å²) in [6.45, 7) is 3.74. The van der Waals surface area contributed by atoms with E-state index in [-0.39, 0.29) is 18.6 Å². The lowest BCUT2D eigenvalue weighted by Gasteiger charge is -2.08. The summed E-state index contributed by atoms with van der Waals surface area (Å²) in [5.74, 6) is -0.225. The molecule has 0 bridgehead atoms. The summed E-state index contributed by atoms with van der Waals surface area (Å²) in [5, 5.41) is 2.65. The lowest BCUT2D eigenvalue weighted by Crippen LogP contribution is -2.20. The van der Waals surface area contributed by atoms with E-state index in [2.05, 4.69) is 5.32 Å². The molecule has 0 fully saturated rings. The smallest absolute Gasteiger partial charge is 0.250 e. The first-order valence-electron chi connectivity index (χ1n) is 5.08. The van der Waals surface area contributed by atoms with Gasteiger partial charge in [-0.2, -0.15) is 0 Å². The van der Waals surface area contributed by atoms with Crippen LogP contribution >= 0.6 is 0 Å². The molecule has 1 rings (SSSR count). The van der Waals surface area contributed by atoms with Gasteiger partial charge in [-0.25, -0.2) is 0 Å². The SMILES string of the molecule is CC(C)OCC(=O)Nc1cccc(C=O)c1. The molecule has 4 nitrogen and oxygen atoms in total. The normalized spacial score (nSPS) is 10.2. The van der Waals surface area contributed by atoms with Crippen molar-refractivity contribution in [2.45, 2.75) is 20.0 Å². The van der Waals surface area contributed by atoms with Gasteiger partial charge in [-0.15, -0.1) is 0 Å². The molecule has 0 saturated heterocycles. The lowest BCUT2D eigenvalue weighted by atomic mass is 10.2. The van der Waals surface area contributed by atoms with E-state index in [1.807, 2.05) is 13.8 Å². The predicted octanol–water partition coefficient (Wildman–Crippen LogP) is 1.86. The third-order valence-electron chi connectivity index (χ3n) is 1.85. The van der Waals surface area contributed by atoms with Crippen molar-refractivity contribution >= 4 is 17.9 Å². The van der Waals surface area contributed by atoms with Crippen LogP contribution in [0, 0.1) is 0 Å². The first kappa shape index (κ1) is 12.4. The largest absolute Gasteiger partial charge is 0.369 e. The molecule has 0 radical (unpaired) electrons. The van der Waals surface area contributed by atoms with Crippen molar-refractivity contribution in [2.75, 3.05) is 11.9 Å². The summed E-state index contributed by atoms with van der Waals surface area (Å²) >= 11 is 0. The summed E-state index contributed by atoms with van der Waals surface area (Å²) in [5.41, 5.74) is 1.13. The molecule has 0 atom stereocenters. The Hall–Kier alpha value is -1.68. The Morgan fingerprint density at radius 1 is 1.50 bits per heavy atom. The molecule has 0 aliphatic heterocycles. The van der Waals surface area contributed by atoms with E-state index >= 15 is 0 Å². The monoisotopic (exact) mass is 221 g/mol. The van der Waals surface area contributed by atoms with Gasteiger partial charge in [-0.1, -0.05) is 12.1 Å². The van der Waals surface area contributed by atoms with Crippen molar-refractivity contribution in [1.82, 2.24) is 0 Å². The maximum Gasteiger partial charge on any atom is 0.250 e. The second-order valence-electron chi connectivity index (χ2n) is 3.65. The molecule has 0 unspecified atom stereocenters. The van der Waals surface area contributed by atoms with Crippen molar-refractivity contribution < 1.29 is 14.3 Å². The van der Waals surface area contributed by atoms with Crippen molar-refractivity contribution in [2.24, 2.45) is 0 Å². The highest BCUT2D eigenvalue weighted by Crippen LogP contribution is 2.08. The molecule has 1 N–H and O–H groups in total. The van der Waals surface area contributed by atoms with E-state index < -0.39 is 0 Å². The number of rotatable bonds is 5. The van der Waals surface area contributed by atoms with Gasteiger partial charge in [-0.3, -0.25) is 9.59 Å². The fourth-order valence-corrected chi connectivity index (χ4v) is 1.13. The molecular formula is C12H15NO3. The van der Waals surface area contributed by atoms with Gasteiger partial charge in [0.15, 0.2) is 0 Å². The van der Waals surface area contributed by atoms with Crippen LogP contribution in [-0.2, 0) is 9.53 Å². The summed E-state index contributed by atoms with van der Waals surface area (Å²) < 4.78 is 5.15. The molecule has 0 saturated carbocycles. The number of benzene rings is 1. The number of anilines is 1. The molecule has 1 amide bonds. The average Bonchev–Trinajstić information content (AvgIpc) is 2.26. The quantitative estimate of drug-likeness (QED) is 0.772. The van der Waals surface area contributed by atoms with E-state index in [4.69, 9.17) is 4.74 Å². The van der Waals surface area contributed by atoms with Gasteiger partial charge >= 0.3 is 0 Å². The van der Waals surface area contributed by atoms with Crippen LogP contribution in [0.4, 0.5) is 5.69 Å².